The Balaban J connectivity index is 1.96. The van der Waals surface area contributed by atoms with Crippen molar-refractivity contribution in [3.63, 3.8) is 0 Å². The predicted octanol–water partition coefficient (Wildman–Crippen LogP) is 2.77. The van der Waals surface area contributed by atoms with Crippen LogP contribution in [0, 0.1) is 6.92 Å². The Morgan fingerprint density at radius 2 is 2.28 bits per heavy atom. The number of aromatic nitrogens is 1. The van der Waals surface area contributed by atoms with E-state index >= 15 is 0 Å². The highest BCUT2D eigenvalue weighted by Crippen LogP contribution is 2.09. The lowest BCUT2D eigenvalue weighted by Gasteiger charge is -2.16. The Morgan fingerprint density at radius 1 is 1.44 bits per heavy atom. The number of hydrogen-bond donors (Lipinski definition) is 0. The zero-order valence-electron chi connectivity index (χ0n) is 10.6. The smallest absolute Gasteiger partial charge is 0.253 e. The first-order chi connectivity index (χ1) is 8.66. The summed E-state index contributed by atoms with van der Waals surface area (Å²) in [6.45, 7) is 2.69. The summed E-state index contributed by atoms with van der Waals surface area (Å²) in [5.74, 6) is 0.0651. The topological polar surface area (TPSA) is 33.2 Å². The van der Waals surface area contributed by atoms with E-state index in [0.717, 1.165) is 22.6 Å². The molecular weight excluding hydrogens is 244 g/mol. The summed E-state index contributed by atoms with van der Waals surface area (Å²) in [5.41, 5.74) is 1.85. The third kappa shape index (κ3) is 3.17. The molecule has 1 heterocycles. The van der Waals surface area contributed by atoms with Crippen LogP contribution in [0.1, 0.15) is 20.9 Å². The van der Waals surface area contributed by atoms with Crippen LogP contribution in [0.2, 0.25) is 0 Å². The zero-order chi connectivity index (χ0) is 13.0. The second kappa shape index (κ2) is 5.78. The third-order valence-electron chi connectivity index (χ3n) is 2.76. The van der Waals surface area contributed by atoms with Crippen molar-refractivity contribution in [1.29, 1.82) is 0 Å². The number of amides is 1. The fourth-order valence-electron chi connectivity index (χ4n) is 1.74. The summed E-state index contributed by atoms with van der Waals surface area (Å²) >= 11 is 1.63. The van der Waals surface area contributed by atoms with E-state index < -0.39 is 0 Å². The summed E-state index contributed by atoms with van der Waals surface area (Å²) < 4.78 is 0. The van der Waals surface area contributed by atoms with Gasteiger partial charge in [0.15, 0.2) is 0 Å². The van der Waals surface area contributed by atoms with Crippen molar-refractivity contribution in [3.05, 3.63) is 52.0 Å². The van der Waals surface area contributed by atoms with Gasteiger partial charge in [-0.25, -0.2) is 4.98 Å². The van der Waals surface area contributed by atoms with Gasteiger partial charge in [0.1, 0.15) is 0 Å². The minimum Gasteiger partial charge on any atom is -0.341 e. The average molecular weight is 260 g/mol. The molecule has 2 rings (SSSR count). The van der Waals surface area contributed by atoms with Gasteiger partial charge in [0.2, 0.25) is 0 Å². The Hall–Kier alpha value is -1.68. The Bertz CT molecular complexity index is 522. The molecule has 0 spiro atoms. The van der Waals surface area contributed by atoms with E-state index in [1.165, 1.54) is 0 Å². The molecule has 0 saturated heterocycles. The molecule has 0 aliphatic heterocycles. The number of carbonyl (C=O) groups is 1. The van der Waals surface area contributed by atoms with Crippen molar-refractivity contribution in [2.75, 3.05) is 13.6 Å². The highest BCUT2D eigenvalue weighted by molar-refractivity contribution is 7.09. The predicted molar refractivity (Wildman–Crippen MR) is 74.0 cm³/mol. The highest BCUT2D eigenvalue weighted by Gasteiger charge is 2.11. The van der Waals surface area contributed by atoms with Crippen molar-refractivity contribution in [3.8, 4) is 0 Å². The zero-order valence-corrected chi connectivity index (χ0v) is 11.4. The molecule has 0 atom stereocenters. The fourth-order valence-corrected chi connectivity index (χ4v) is 2.35. The number of likely N-dealkylation sites (N-methyl/N-ethyl adjacent to an activating group) is 1. The molecule has 0 aliphatic rings. The van der Waals surface area contributed by atoms with Crippen molar-refractivity contribution >= 4 is 17.2 Å². The Kier molecular flexibility index (Phi) is 4.10. The molecule has 1 amide bonds. The molecule has 0 radical (unpaired) electrons. The Labute approximate surface area is 111 Å². The number of benzene rings is 1. The van der Waals surface area contributed by atoms with Crippen molar-refractivity contribution in [2.45, 2.75) is 13.3 Å². The van der Waals surface area contributed by atoms with E-state index in [1.54, 1.807) is 22.4 Å². The molecule has 1 aromatic carbocycles. The maximum Gasteiger partial charge on any atom is 0.253 e. The number of thiazole rings is 1. The monoisotopic (exact) mass is 260 g/mol. The highest BCUT2D eigenvalue weighted by atomic mass is 32.1. The first-order valence-corrected chi connectivity index (χ1v) is 6.75. The number of rotatable bonds is 4. The van der Waals surface area contributed by atoms with Gasteiger partial charge in [-0.1, -0.05) is 17.7 Å². The van der Waals surface area contributed by atoms with Crippen molar-refractivity contribution in [1.82, 2.24) is 9.88 Å². The normalized spacial score (nSPS) is 10.3. The Morgan fingerprint density at radius 3 is 2.94 bits per heavy atom. The van der Waals surface area contributed by atoms with Gasteiger partial charge >= 0.3 is 0 Å². The SMILES string of the molecule is Cc1cccc(C(=O)N(C)CCc2nccs2)c1. The van der Waals surface area contributed by atoms with Crippen LogP contribution in [0.3, 0.4) is 0 Å². The molecule has 4 heteroatoms. The quantitative estimate of drug-likeness (QED) is 0.847. The molecule has 0 bridgehead atoms. The van der Waals surface area contributed by atoms with Gasteiger partial charge < -0.3 is 4.90 Å². The van der Waals surface area contributed by atoms with E-state index in [2.05, 4.69) is 4.98 Å². The second-order valence-electron chi connectivity index (χ2n) is 4.27. The van der Waals surface area contributed by atoms with Crippen LogP contribution in [-0.4, -0.2) is 29.4 Å². The first kappa shape index (κ1) is 12.8. The first-order valence-electron chi connectivity index (χ1n) is 5.87. The molecule has 0 saturated carbocycles. The lowest BCUT2D eigenvalue weighted by Crippen LogP contribution is -2.28. The summed E-state index contributed by atoms with van der Waals surface area (Å²) in [7, 11) is 1.83. The number of carbonyl (C=O) groups excluding carboxylic acids is 1. The molecule has 2 aromatic rings. The third-order valence-corrected chi connectivity index (χ3v) is 3.60. The van der Waals surface area contributed by atoms with Gasteiger partial charge in [-0.05, 0) is 19.1 Å². The molecule has 0 N–H and O–H groups in total. The second-order valence-corrected chi connectivity index (χ2v) is 5.25. The molecular formula is C14H16N2OS. The van der Waals surface area contributed by atoms with Crippen LogP contribution < -0.4 is 0 Å². The van der Waals surface area contributed by atoms with Crippen molar-refractivity contribution in [2.24, 2.45) is 0 Å². The van der Waals surface area contributed by atoms with Gasteiger partial charge in [0, 0.05) is 37.2 Å². The maximum absolute atomic E-state index is 12.2. The van der Waals surface area contributed by atoms with E-state index in [1.807, 2.05) is 43.6 Å². The molecule has 18 heavy (non-hydrogen) atoms. The molecule has 0 unspecified atom stereocenters. The van der Waals surface area contributed by atoms with Gasteiger partial charge in [0.05, 0.1) is 5.01 Å². The van der Waals surface area contributed by atoms with Crippen LogP contribution >= 0.6 is 11.3 Å². The largest absolute Gasteiger partial charge is 0.341 e. The lowest BCUT2D eigenvalue weighted by atomic mass is 10.1. The van der Waals surface area contributed by atoms with Crippen molar-refractivity contribution < 1.29 is 4.79 Å². The molecule has 3 nitrogen and oxygen atoms in total. The van der Waals surface area contributed by atoms with Gasteiger partial charge in [-0.15, -0.1) is 11.3 Å². The molecule has 94 valence electrons. The summed E-state index contributed by atoms with van der Waals surface area (Å²) in [4.78, 5) is 18.1. The average Bonchev–Trinajstić information content (AvgIpc) is 2.88. The minimum absolute atomic E-state index is 0.0651. The summed E-state index contributed by atoms with van der Waals surface area (Å²) in [5, 5.41) is 3.02. The van der Waals surface area contributed by atoms with Crippen LogP contribution in [-0.2, 0) is 6.42 Å². The van der Waals surface area contributed by atoms with Gasteiger partial charge in [0.25, 0.3) is 5.91 Å². The van der Waals surface area contributed by atoms with E-state index in [4.69, 9.17) is 0 Å². The lowest BCUT2D eigenvalue weighted by molar-refractivity contribution is 0.0796. The summed E-state index contributed by atoms with van der Waals surface area (Å²) in [6, 6.07) is 7.68. The summed E-state index contributed by atoms with van der Waals surface area (Å²) in [6.07, 6.45) is 2.61. The van der Waals surface area contributed by atoms with Crippen LogP contribution in [0.4, 0.5) is 0 Å². The van der Waals surface area contributed by atoms with Crippen LogP contribution in [0.15, 0.2) is 35.8 Å². The van der Waals surface area contributed by atoms with E-state index in [0.29, 0.717) is 6.54 Å². The van der Waals surface area contributed by atoms with E-state index in [-0.39, 0.29) is 5.91 Å². The van der Waals surface area contributed by atoms with E-state index in [9.17, 15) is 4.79 Å². The van der Waals surface area contributed by atoms with Crippen LogP contribution in [0.25, 0.3) is 0 Å². The standard InChI is InChI=1S/C14H16N2OS/c1-11-4-3-5-12(10-11)14(17)16(2)8-6-13-15-7-9-18-13/h3-5,7,9-10H,6,8H2,1-2H3. The van der Waals surface area contributed by atoms with Gasteiger partial charge in [-0.2, -0.15) is 0 Å². The molecule has 1 aromatic heterocycles. The fraction of sp³-hybridized carbons (Fsp3) is 0.286. The molecule has 0 aliphatic carbocycles. The maximum atomic E-state index is 12.2. The molecule has 0 fully saturated rings. The minimum atomic E-state index is 0.0651. The number of aryl methyl sites for hydroxylation is 1. The number of nitrogens with zero attached hydrogens (tertiary/aromatic N) is 2. The van der Waals surface area contributed by atoms with Crippen LogP contribution in [0.5, 0.6) is 0 Å². The number of hydrogen-bond acceptors (Lipinski definition) is 3. The van der Waals surface area contributed by atoms with Gasteiger partial charge in [-0.3, -0.25) is 4.79 Å².